The Hall–Kier alpha value is -0.190. The summed E-state index contributed by atoms with van der Waals surface area (Å²) in [5.74, 6) is 0. The minimum absolute atomic E-state index is 0.201. The predicted molar refractivity (Wildman–Crippen MR) is 71.2 cm³/mol. The fourth-order valence-electron chi connectivity index (χ4n) is 1.88. The van der Waals surface area contributed by atoms with E-state index < -0.39 is 6.17 Å². The fourth-order valence-corrected chi connectivity index (χ4v) is 1.88. The van der Waals surface area contributed by atoms with Crippen molar-refractivity contribution >= 4 is 0 Å². The van der Waals surface area contributed by atoms with E-state index in [4.69, 9.17) is 4.74 Å². The summed E-state index contributed by atoms with van der Waals surface area (Å²) in [4.78, 5) is 2.17. The molecule has 0 radical (unpaired) electrons. The molecule has 0 saturated carbocycles. The van der Waals surface area contributed by atoms with Crippen molar-refractivity contribution in [3.63, 3.8) is 0 Å². The van der Waals surface area contributed by atoms with Crippen molar-refractivity contribution < 1.29 is 9.13 Å². The van der Waals surface area contributed by atoms with Crippen LogP contribution in [-0.2, 0) is 4.74 Å². The van der Waals surface area contributed by atoms with E-state index in [1.54, 1.807) is 0 Å². The van der Waals surface area contributed by atoms with E-state index in [0.717, 1.165) is 19.5 Å². The smallest absolute Gasteiger partial charge is 0.139 e. The third-order valence-electron chi connectivity index (χ3n) is 2.93. The summed E-state index contributed by atoms with van der Waals surface area (Å²) < 4.78 is 19.2. The number of alkyl halides is 1. The van der Waals surface area contributed by atoms with Crippen LogP contribution in [-0.4, -0.2) is 56.5 Å². The molecule has 1 aliphatic rings. The van der Waals surface area contributed by atoms with Gasteiger partial charge in [0.05, 0.1) is 12.7 Å². The summed E-state index contributed by atoms with van der Waals surface area (Å²) in [5, 5.41) is 2.99. The zero-order chi connectivity index (χ0) is 13.3. The Morgan fingerprint density at radius 3 is 2.53 bits per heavy atom. The number of nitrogens with one attached hydrogen (secondary N) is 1. The van der Waals surface area contributed by atoms with Gasteiger partial charge in [-0.05, 0) is 27.3 Å². The van der Waals surface area contributed by atoms with Crippen LogP contribution in [0.2, 0.25) is 0 Å². The maximum atomic E-state index is 13.7. The Morgan fingerprint density at radius 2 is 2.06 bits per heavy atom. The van der Waals surface area contributed by atoms with Crippen LogP contribution in [0.4, 0.5) is 4.39 Å². The molecule has 4 heteroatoms. The number of rotatable bonds is 5. The molecule has 2 atom stereocenters. The molecule has 0 aromatic carbocycles. The quantitative estimate of drug-likeness (QED) is 0.754. The second kappa shape index (κ2) is 9.80. The Balaban J connectivity index is 0.00000121. The van der Waals surface area contributed by atoms with Crippen molar-refractivity contribution in [1.82, 2.24) is 10.2 Å². The van der Waals surface area contributed by atoms with E-state index in [2.05, 4.69) is 24.1 Å². The minimum Gasteiger partial charge on any atom is -0.374 e. The first-order valence-corrected chi connectivity index (χ1v) is 6.79. The monoisotopic (exact) mass is 248 g/mol. The number of piperidine rings is 1. The lowest BCUT2D eigenvalue weighted by molar-refractivity contribution is -0.0499. The number of hydrogen-bond donors (Lipinski definition) is 1. The van der Waals surface area contributed by atoms with Gasteiger partial charge in [0.15, 0.2) is 0 Å². The average Bonchev–Trinajstić information content (AvgIpc) is 2.34. The standard InChI is InChI=1S/C11H23FN2O.C2H6/c1-9(2)14-6-4-11(10(12)8-14)15-7-5-13-3;1-2/h9-11,13H,4-8H2,1-3H3;1-2H3. The Labute approximate surface area is 106 Å². The van der Waals surface area contributed by atoms with Crippen molar-refractivity contribution in [3.8, 4) is 0 Å². The minimum atomic E-state index is -0.835. The van der Waals surface area contributed by atoms with Crippen molar-refractivity contribution in [2.24, 2.45) is 0 Å². The lowest BCUT2D eigenvalue weighted by atomic mass is 10.0. The molecule has 17 heavy (non-hydrogen) atoms. The van der Waals surface area contributed by atoms with Crippen LogP contribution in [0.5, 0.6) is 0 Å². The SMILES string of the molecule is CC.CNCCOC1CCN(C(C)C)CC1F. The summed E-state index contributed by atoms with van der Waals surface area (Å²) >= 11 is 0. The molecular weight excluding hydrogens is 219 g/mol. The highest BCUT2D eigenvalue weighted by molar-refractivity contribution is 4.82. The fraction of sp³-hybridized carbons (Fsp3) is 1.00. The first kappa shape index (κ1) is 16.8. The predicted octanol–water partition coefficient (Wildman–Crippen LogP) is 2.07. The van der Waals surface area contributed by atoms with Crippen molar-refractivity contribution in [3.05, 3.63) is 0 Å². The maximum Gasteiger partial charge on any atom is 0.139 e. The van der Waals surface area contributed by atoms with E-state index in [0.29, 0.717) is 19.2 Å². The summed E-state index contributed by atoms with van der Waals surface area (Å²) in [5.41, 5.74) is 0. The van der Waals surface area contributed by atoms with Crippen LogP contribution in [0.15, 0.2) is 0 Å². The third-order valence-corrected chi connectivity index (χ3v) is 2.93. The number of likely N-dealkylation sites (N-methyl/N-ethyl adjacent to an activating group) is 1. The van der Waals surface area contributed by atoms with Gasteiger partial charge in [0.1, 0.15) is 6.17 Å². The zero-order valence-electron chi connectivity index (χ0n) is 12.0. The van der Waals surface area contributed by atoms with Gasteiger partial charge in [0.2, 0.25) is 0 Å². The second-order valence-corrected chi connectivity index (χ2v) is 4.41. The second-order valence-electron chi connectivity index (χ2n) is 4.41. The van der Waals surface area contributed by atoms with Crippen LogP contribution in [0, 0.1) is 0 Å². The molecule has 1 fully saturated rings. The topological polar surface area (TPSA) is 24.5 Å². The van der Waals surface area contributed by atoms with Gasteiger partial charge in [0, 0.05) is 25.7 Å². The lowest BCUT2D eigenvalue weighted by Gasteiger charge is -2.36. The number of likely N-dealkylation sites (tertiary alicyclic amines) is 1. The maximum absolute atomic E-state index is 13.7. The molecule has 0 aromatic rings. The lowest BCUT2D eigenvalue weighted by Crippen LogP contribution is -2.48. The van der Waals surface area contributed by atoms with E-state index in [9.17, 15) is 4.39 Å². The van der Waals surface area contributed by atoms with Crippen LogP contribution >= 0.6 is 0 Å². The average molecular weight is 248 g/mol. The molecule has 1 rings (SSSR count). The van der Waals surface area contributed by atoms with Gasteiger partial charge in [-0.2, -0.15) is 0 Å². The Bertz CT molecular complexity index is 179. The van der Waals surface area contributed by atoms with Gasteiger partial charge >= 0.3 is 0 Å². The molecule has 0 spiro atoms. The Morgan fingerprint density at radius 1 is 1.41 bits per heavy atom. The van der Waals surface area contributed by atoms with Crippen LogP contribution < -0.4 is 5.32 Å². The molecule has 1 saturated heterocycles. The van der Waals surface area contributed by atoms with Gasteiger partial charge in [0.25, 0.3) is 0 Å². The normalized spacial score (nSPS) is 25.6. The van der Waals surface area contributed by atoms with Gasteiger partial charge < -0.3 is 10.1 Å². The van der Waals surface area contributed by atoms with Crippen LogP contribution in [0.25, 0.3) is 0 Å². The molecule has 0 amide bonds. The molecule has 1 aliphatic heterocycles. The van der Waals surface area contributed by atoms with E-state index >= 15 is 0 Å². The molecule has 104 valence electrons. The first-order chi connectivity index (χ1) is 8.15. The summed E-state index contributed by atoms with van der Waals surface area (Å²) in [6.45, 7) is 11.1. The molecule has 3 nitrogen and oxygen atoms in total. The number of nitrogens with zero attached hydrogens (tertiary/aromatic N) is 1. The van der Waals surface area contributed by atoms with E-state index in [1.807, 2.05) is 20.9 Å². The molecule has 0 aliphatic carbocycles. The summed E-state index contributed by atoms with van der Waals surface area (Å²) in [6.07, 6.45) is -0.227. The van der Waals surface area contributed by atoms with Gasteiger partial charge in [-0.15, -0.1) is 0 Å². The molecule has 1 heterocycles. The van der Waals surface area contributed by atoms with Crippen molar-refractivity contribution in [2.45, 2.75) is 52.4 Å². The third kappa shape index (κ3) is 6.34. The Kier molecular flexibility index (Phi) is 9.69. The number of halogens is 1. The molecular formula is C13H29FN2O. The van der Waals surface area contributed by atoms with Gasteiger partial charge in [-0.3, -0.25) is 4.90 Å². The summed E-state index contributed by atoms with van der Waals surface area (Å²) in [6, 6.07) is 0.432. The molecule has 0 aromatic heterocycles. The zero-order valence-corrected chi connectivity index (χ0v) is 12.0. The van der Waals surface area contributed by atoms with E-state index in [1.165, 1.54) is 0 Å². The molecule has 1 N–H and O–H groups in total. The largest absolute Gasteiger partial charge is 0.374 e. The highest BCUT2D eigenvalue weighted by atomic mass is 19.1. The van der Waals surface area contributed by atoms with E-state index in [-0.39, 0.29) is 6.10 Å². The highest BCUT2D eigenvalue weighted by Crippen LogP contribution is 2.18. The first-order valence-electron chi connectivity index (χ1n) is 6.79. The van der Waals surface area contributed by atoms with Crippen LogP contribution in [0.1, 0.15) is 34.1 Å². The summed E-state index contributed by atoms with van der Waals surface area (Å²) in [7, 11) is 1.87. The van der Waals surface area contributed by atoms with Gasteiger partial charge in [-0.25, -0.2) is 4.39 Å². The van der Waals surface area contributed by atoms with Crippen molar-refractivity contribution in [1.29, 1.82) is 0 Å². The highest BCUT2D eigenvalue weighted by Gasteiger charge is 2.30. The van der Waals surface area contributed by atoms with Gasteiger partial charge in [-0.1, -0.05) is 13.8 Å². The molecule has 0 bridgehead atoms. The number of hydrogen-bond acceptors (Lipinski definition) is 3. The molecule has 2 unspecified atom stereocenters. The number of ether oxygens (including phenoxy) is 1. The van der Waals surface area contributed by atoms with Crippen LogP contribution in [0.3, 0.4) is 0 Å². The van der Waals surface area contributed by atoms with Crippen molar-refractivity contribution in [2.75, 3.05) is 33.3 Å².